The van der Waals surface area contributed by atoms with Crippen LogP contribution in [0.1, 0.15) is 17.5 Å². The van der Waals surface area contributed by atoms with E-state index in [0.29, 0.717) is 18.0 Å². The lowest BCUT2D eigenvalue weighted by Crippen LogP contribution is -2.32. The number of aliphatic hydroxyl groups is 1. The van der Waals surface area contributed by atoms with Crippen LogP contribution < -0.4 is 14.8 Å². The van der Waals surface area contributed by atoms with Crippen LogP contribution in [0.3, 0.4) is 0 Å². The molecule has 0 bridgehead atoms. The zero-order valence-electron chi connectivity index (χ0n) is 18.8. The lowest BCUT2D eigenvalue weighted by Gasteiger charge is -2.21. The van der Waals surface area contributed by atoms with Crippen LogP contribution in [-0.2, 0) is 13.1 Å². The van der Waals surface area contributed by atoms with Crippen molar-refractivity contribution in [3.63, 3.8) is 0 Å². The van der Waals surface area contributed by atoms with Crippen molar-refractivity contribution in [2.75, 3.05) is 54.5 Å². The third kappa shape index (κ3) is 9.13. The number of nitrogens with zero attached hydrogens (tertiary/aromatic N) is 2. The minimum Gasteiger partial charge on any atom is -0.493 e. The summed E-state index contributed by atoms with van der Waals surface area (Å²) >= 11 is 0. The Hall–Kier alpha value is -2.12. The summed E-state index contributed by atoms with van der Waals surface area (Å²) in [6.07, 6.45) is 0.520. The Bertz CT molecular complexity index is 725. The Labute approximate surface area is 181 Å². The van der Waals surface area contributed by atoms with Gasteiger partial charge in [0, 0.05) is 19.6 Å². The zero-order valence-corrected chi connectivity index (χ0v) is 18.8. The van der Waals surface area contributed by atoms with Gasteiger partial charge in [-0.1, -0.05) is 36.4 Å². The summed E-state index contributed by atoms with van der Waals surface area (Å²) in [5.74, 6) is 1.34. The van der Waals surface area contributed by atoms with E-state index in [4.69, 9.17) is 9.47 Å². The van der Waals surface area contributed by atoms with E-state index in [1.165, 1.54) is 5.56 Å². The summed E-state index contributed by atoms with van der Waals surface area (Å²) in [7, 11) is 7.80. The Kier molecular flexibility index (Phi) is 10.7. The number of rotatable bonds is 14. The molecule has 0 radical (unpaired) electrons. The van der Waals surface area contributed by atoms with Crippen LogP contribution in [0.2, 0.25) is 0 Å². The molecule has 2 N–H and O–H groups in total. The molecule has 30 heavy (non-hydrogen) atoms. The van der Waals surface area contributed by atoms with Gasteiger partial charge in [-0.15, -0.1) is 0 Å². The van der Waals surface area contributed by atoms with Crippen LogP contribution in [0.25, 0.3) is 0 Å². The highest BCUT2D eigenvalue weighted by Crippen LogP contribution is 2.28. The molecular formula is C24H37N3O3. The van der Waals surface area contributed by atoms with Crippen molar-refractivity contribution in [1.29, 1.82) is 0 Å². The van der Waals surface area contributed by atoms with Gasteiger partial charge in [0.2, 0.25) is 0 Å². The Morgan fingerprint density at radius 1 is 1.00 bits per heavy atom. The standard InChI is InChI=1S/C24H37N3O3/c1-26(2)14-8-13-25-16-21-11-12-23(29-4)24(15-21)30-19-22(28)18-27(3)17-20-9-6-5-7-10-20/h5-7,9-12,15,22,25,28H,8,13-14,16-19H2,1-4H3. The second-order valence-electron chi connectivity index (χ2n) is 7.97. The minimum absolute atomic E-state index is 0.217. The molecule has 0 aliphatic carbocycles. The SMILES string of the molecule is COc1ccc(CNCCCN(C)C)cc1OCC(O)CN(C)Cc1ccccc1. The predicted octanol–water partition coefficient (Wildman–Crippen LogP) is 2.61. The Balaban J connectivity index is 1.80. The number of hydrogen-bond donors (Lipinski definition) is 2. The number of likely N-dealkylation sites (N-methyl/N-ethyl adjacent to an activating group) is 1. The average Bonchev–Trinajstić information content (AvgIpc) is 2.72. The summed E-state index contributed by atoms with van der Waals surface area (Å²) < 4.78 is 11.3. The van der Waals surface area contributed by atoms with Gasteiger partial charge in [-0.25, -0.2) is 0 Å². The number of methoxy groups -OCH3 is 1. The summed E-state index contributed by atoms with van der Waals surface area (Å²) in [5, 5.41) is 13.9. The molecule has 1 atom stereocenters. The smallest absolute Gasteiger partial charge is 0.161 e. The lowest BCUT2D eigenvalue weighted by atomic mass is 10.2. The van der Waals surface area contributed by atoms with Gasteiger partial charge < -0.3 is 24.8 Å². The van der Waals surface area contributed by atoms with Crippen molar-refractivity contribution in [2.24, 2.45) is 0 Å². The van der Waals surface area contributed by atoms with E-state index >= 15 is 0 Å². The first kappa shape index (κ1) is 24.2. The normalized spacial score (nSPS) is 12.4. The fourth-order valence-electron chi connectivity index (χ4n) is 3.25. The third-order valence-electron chi connectivity index (χ3n) is 4.77. The van der Waals surface area contributed by atoms with Gasteiger partial charge in [0.05, 0.1) is 7.11 Å². The Morgan fingerprint density at radius 3 is 2.47 bits per heavy atom. The van der Waals surface area contributed by atoms with Gasteiger partial charge in [-0.3, -0.25) is 4.90 Å². The highest BCUT2D eigenvalue weighted by molar-refractivity contribution is 5.43. The average molecular weight is 416 g/mol. The summed E-state index contributed by atoms with van der Waals surface area (Å²) in [6.45, 7) is 4.35. The molecule has 1 unspecified atom stereocenters. The molecule has 2 aromatic rings. The monoisotopic (exact) mass is 415 g/mol. The van der Waals surface area contributed by atoms with E-state index in [1.807, 2.05) is 43.4 Å². The molecule has 0 aromatic heterocycles. The van der Waals surface area contributed by atoms with E-state index in [9.17, 15) is 5.11 Å². The van der Waals surface area contributed by atoms with Crippen LogP contribution in [0.15, 0.2) is 48.5 Å². The van der Waals surface area contributed by atoms with Gasteiger partial charge in [0.15, 0.2) is 11.5 Å². The minimum atomic E-state index is -0.587. The van der Waals surface area contributed by atoms with Crippen molar-refractivity contribution in [3.05, 3.63) is 59.7 Å². The Morgan fingerprint density at radius 2 is 1.77 bits per heavy atom. The molecule has 0 fully saturated rings. The first-order valence-electron chi connectivity index (χ1n) is 10.5. The van der Waals surface area contributed by atoms with Gasteiger partial charge in [-0.2, -0.15) is 0 Å². The molecule has 166 valence electrons. The van der Waals surface area contributed by atoms with Gasteiger partial charge in [0.25, 0.3) is 0 Å². The second kappa shape index (κ2) is 13.2. The van der Waals surface area contributed by atoms with Crippen molar-refractivity contribution >= 4 is 0 Å². The van der Waals surface area contributed by atoms with E-state index in [1.54, 1.807) is 7.11 Å². The summed E-state index contributed by atoms with van der Waals surface area (Å²) in [5.41, 5.74) is 2.35. The van der Waals surface area contributed by atoms with Crippen molar-refractivity contribution in [3.8, 4) is 11.5 Å². The largest absolute Gasteiger partial charge is 0.493 e. The summed E-state index contributed by atoms with van der Waals surface area (Å²) in [4.78, 5) is 4.28. The molecule has 6 nitrogen and oxygen atoms in total. The van der Waals surface area contributed by atoms with E-state index < -0.39 is 6.10 Å². The van der Waals surface area contributed by atoms with Crippen molar-refractivity contribution in [1.82, 2.24) is 15.1 Å². The number of hydrogen-bond acceptors (Lipinski definition) is 6. The van der Waals surface area contributed by atoms with Gasteiger partial charge >= 0.3 is 0 Å². The summed E-state index contributed by atoms with van der Waals surface area (Å²) in [6, 6.07) is 16.2. The molecular weight excluding hydrogens is 378 g/mol. The number of nitrogens with one attached hydrogen (secondary N) is 1. The highest BCUT2D eigenvalue weighted by atomic mass is 16.5. The highest BCUT2D eigenvalue weighted by Gasteiger charge is 2.12. The topological polar surface area (TPSA) is 57.2 Å². The molecule has 0 amide bonds. The molecule has 0 aliphatic heterocycles. The van der Waals surface area contributed by atoms with Crippen molar-refractivity contribution in [2.45, 2.75) is 25.6 Å². The number of benzene rings is 2. The third-order valence-corrected chi connectivity index (χ3v) is 4.77. The molecule has 0 heterocycles. The number of aliphatic hydroxyl groups excluding tert-OH is 1. The van der Waals surface area contributed by atoms with Crippen LogP contribution in [0.5, 0.6) is 11.5 Å². The first-order valence-corrected chi connectivity index (χ1v) is 10.5. The molecule has 2 aromatic carbocycles. The molecule has 0 saturated heterocycles. The first-order chi connectivity index (χ1) is 14.5. The van der Waals surface area contributed by atoms with E-state index in [-0.39, 0.29) is 6.61 Å². The maximum Gasteiger partial charge on any atom is 0.161 e. The van der Waals surface area contributed by atoms with Crippen LogP contribution in [0.4, 0.5) is 0 Å². The lowest BCUT2D eigenvalue weighted by molar-refractivity contribution is 0.0732. The second-order valence-corrected chi connectivity index (χ2v) is 7.97. The van der Waals surface area contributed by atoms with Gasteiger partial charge in [0.1, 0.15) is 12.7 Å². The van der Waals surface area contributed by atoms with E-state index in [2.05, 4.69) is 41.3 Å². The van der Waals surface area contributed by atoms with Gasteiger partial charge in [-0.05, 0) is 63.9 Å². The van der Waals surface area contributed by atoms with Crippen LogP contribution in [-0.4, -0.2) is 75.5 Å². The van der Waals surface area contributed by atoms with Crippen molar-refractivity contribution < 1.29 is 14.6 Å². The molecule has 0 saturated carbocycles. The molecule has 0 aliphatic rings. The van der Waals surface area contributed by atoms with Crippen LogP contribution >= 0.6 is 0 Å². The van der Waals surface area contributed by atoms with Crippen LogP contribution in [0, 0.1) is 0 Å². The fraction of sp³-hybridized carbons (Fsp3) is 0.500. The predicted molar refractivity (Wildman–Crippen MR) is 122 cm³/mol. The maximum atomic E-state index is 10.4. The van der Waals surface area contributed by atoms with E-state index in [0.717, 1.165) is 38.2 Å². The molecule has 6 heteroatoms. The quantitative estimate of drug-likeness (QED) is 0.463. The molecule has 2 rings (SSSR count). The maximum absolute atomic E-state index is 10.4. The molecule has 0 spiro atoms. The zero-order chi connectivity index (χ0) is 21.8. The number of ether oxygens (including phenoxy) is 2. The fourth-order valence-corrected chi connectivity index (χ4v) is 3.25.